The van der Waals surface area contributed by atoms with Crippen LogP contribution in [0.5, 0.6) is 0 Å². The average molecular weight is 444 g/mol. The van der Waals surface area contributed by atoms with Gasteiger partial charge in [-0.1, -0.05) is 0 Å². The Bertz CT molecular complexity index is 734. The van der Waals surface area contributed by atoms with Gasteiger partial charge in [-0.2, -0.15) is 0 Å². The van der Waals surface area contributed by atoms with Crippen LogP contribution in [-0.2, 0) is 23.2 Å². The van der Waals surface area contributed by atoms with Crippen LogP contribution in [0, 0.1) is 0 Å². The standard InChI is InChI=1S/2C10H14NSi.Zr/c2*1-5-9-6-7-10(8-9)11-12(2,3)4;/h2*6-7,11H,1H2,2-4H3;. The fourth-order valence-corrected chi connectivity index (χ4v) is 8.81. The third-order valence-corrected chi connectivity index (χ3v) is 9.48. The van der Waals surface area contributed by atoms with E-state index in [0.29, 0.717) is 0 Å². The molecule has 0 saturated heterocycles. The van der Waals surface area contributed by atoms with E-state index in [0.717, 1.165) is 11.1 Å². The molecule has 0 fully saturated rings. The molecule has 0 amide bonds. The predicted molar refractivity (Wildman–Crippen MR) is 111 cm³/mol. The fraction of sp³-hybridized carbons (Fsp3) is 0.300. The van der Waals surface area contributed by atoms with Gasteiger partial charge < -0.3 is 0 Å². The van der Waals surface area contributed by atoms with Crippen molar-refractivity contribution in [1.29, 1.82) is 0 Å². The first kappa shape index (κ1) is 20.2. The molecule has 0 atom stereocenters. The Balaban J connectivity index is 2.45. The van der Waals surface area contributed by atoms with Crippen molar-refractivity contribution in [2.24, 2.45) is 0 Å². The number of hydrogen-bond acceptors (Lipinski definition) is 2. The van der Waals surface area contributed by atoms with Gasteiger partial charge in [0, 0.05) is 0 Å². The number of allylic oxidation sites excluding steroid dienone is 8. The van der Waals surface area contributed by atoms with Crippen molar-refractivity contribution < 1.29 is 23.2 Å². The molecule has 0 unspecified atom stereocenters. The molecular formula is C20H28N2Si2Zr. The molecule has 2 aliphatic rings. The van der Waals surface area contributed by atoms with Gasteiger partial charge in [-0.15, -0.1) is 0 Å². The van der Waals surface area contributed by atoms with E-state index in [1.807, 2.05) is 0 Å². The van der Waals surface area contributed by atoms with Crippen molar-refractivity contribution in [1.82, 2.24) is 9.96 Å². The van der Waals surface area contributed by atoms with E-state index in [1.165, 1.54) is 18.0 Å². The van der Waals surface area contributed by atoms with Crippen LogP contribution in [0.2, 0.25) is 39.3 Å². The molecule has 2 N–H and O–H groups in total. The summed E-state index contributed by atoms with van der Waals surface area (Å²) in [6, 6.07) is 0. The summed E-state index contributed by atoms with van der Waals surface area (Å²) in [7, 11) is -2.82. The summed E-state index contributed by atoms with van der Waals surface area (Å²) in [6.07, 6.45) is 8.70. The third kappa shape index (κ3) is 5.44. The van der Waals surface area contributed by atoms with E-state index < -0.39 is 39.7 Å². The van der Waals surface area contributed by atoms with Gasteiger partial charge in [-0.25, -0.2) is 0 Å². The zero-order chi connectivity index (χ0) is 18.8. The van der Waals surface area contributed by atoms with E-state index in [9.17, 15) is 0 Å². The molecule has 2 aliphatic carbocycles. The van der Waals surface area contributed by atoms with Crippen LogP contribution in [0.25, 0.3) is 0 Å². The number of rotatable bonds is 6. The molecule has 0 saturated carbocycles. The molecular weight excluding hydrogens is 416 g/mol. The zero-order valence-electron chi connectivity index (χ0n) is 16.2. The number of hydrogen-bond donors (Lipinski definition) is 2. The van der Waals surface area contributed by atoms with Crippen LogP contribution >= 0.6 is 0 Å². The van der Waals surface area contributed by atoms with Crippen LogP contribution in [0.4, 0.5) is 0 Å². The Morgan fingerprint density at radius 3 is 1.36 bits per heavy atom. The molecule has 2 nitrogen and oxygen atoms in total. The average Bonchev–Trinajstić information content (AvgIpc) is 3.01. The van der Waals surface area contributed by atoms with Crippen molar-refractivity contribution in [3.63, 3.8) is 0 Å². The van der Waals surface area contributed by atoms with Gasteiger partial charge in [0.05, 0.1) is 0 Å². The molecule has 0 aromatic rings. The molecule has 0 radical (unpaired) electrons. The van der Waals surface area contributed by atoms with Crippen LogP contribution in [0.1, 0.15) is 0 Å². The fourth-order valence-electron chi connectivity index (χ4n) is 2.66. The Morgan fingerprint density at radius 2 is 1.08 bits per heavy atom. The van der Waals surface area contributed by atoms with E-state index in [1.54, 1.807) is 0 Å². The molecule has 0 aromatic carbocycles. The first-order valence-corrected chi connectivity index (χ1v) is 18.0. The molecule has 5 heteroatoms. The summed E-state index contributed by atoms with van der Waals surface area (Å²) in [5.74, 6) is 0. The summed E-state index contributed by atoms with van der Waals surface area (Å²) < 4.78 is 2.87. The number of nitrogens with one attached hydrogen (secondary N) is 2. The first-order valence-electron chi connectivity index (χ1n) is 8.53. The minimum atomic E-state index is -1.41. The van der Waals surface area contributed by atoms with Gasteiger partial charge in [-0.3, -0.25) is 0 Å². The van der Waals surface area contributed by atoms with Gasteiger partial charge in [0.1, 0.15) is 0 Å². The Kier molecular flexibility index (Phi) is 6.20. The second-order valence-electron chi connectivity index (χ2n) is 8.30. The summed E-state index contributed by atoms with van der Waals surface area (Å²) >= 11 is -1.06. The van der Waals surface area contributed by atoms with Crippen molar-refractivity contribution in [2.45, 2.75) is 39.3 Å². The normalized spacial score (nSPS) is 17.2. The van der Waals surface area contributed by atoms with Crippen LogP contribution < -0.4 is 9.96 Å². The summed E-state index contributed by atoms with van der Waals surface area (Å²) in [5.41, 5.74) is 11.2. The monoisotopic (exact) mass is 442 g/mol. The van der Waals surface area contributed by atoms with Crippen LogP contribution in [0.15, 0.2) is 78.0 Å². The van der Waals surface area contributed by atoms with E-state index >= 15 is 0 Å². The van der Waals surface area contributed by atoms with Gasteiger partial charge in [-0.05, 0) is 0 Å². The Morgan fingerprint density at radius 1 is 0.720 bits per heavy atom. The van der Waals surface area contributed by atoms with E-state index in [-0.39, 0.29) is 0 Å². The van der Waals surface area contributed by atoms with Crippen molar-refractivity contribution >= 4 is 16.5 Å². The summed E-state index contributed by atoms with van der Waals surface area (Å²) in [4.78, 5) is 7.58. The second-order valence-corrected chi connectivity index (χ2v) is 20.9. The molecule has 0 aliphatic heterocycles. The quantitative estimate of drug-likeness (QED) is 0.450. The summed E-state index contributed by atoms with van der Waals surface area (Å²) in [6.45, 7) is 21.8. The molecule has 2 rings (SSSR count). The van der Waals surface area contributed by atoms with Crippen molar-refractivity contribution in [2.75, 3.05) is 0 Å². The second kappa shape index (κ2) is 7.66. The minimum absolute atomic E-state index is 1.06. The molecule has 130 valence electrons. The molecule has 25 heavy (non-hydrogen) atoms. The predicted octanol–water partition coefficient (Wildman–Crippen LogP) is 4.90. The van der Waals surface area contributed by atoms with Crippen molar-refractivity contribution in [3.05, 3.63) is 78.0 Å². The van der Waals surface area contributed by atoms with E-state index in [4.69, 9.17) is 0 Å². The van der Waals surface area contributed by atoms with Crippen LogP contribution in [0.3, 0.4) is 0 Å². The maximum absolute atomic E-state index is 3.90. The SMILES string of the molecule is C=C=C1C=CC(N[Si](C)(C)C)=[C]1[Zr][C]1=C(N[Si](C)(C)C)C=CC1=C=C. The summed E-state index contributed by atoms with van der Waals surface area (Å²) in [5, 5.41) is 0. The van der Waals surface area contributed by atoms with Gasteiger partial charge in [0.15, 0.2) is 0 Å². The first-order chi connectivity index (χ1) is 11.5. The maximum atomic E-state index is 3.90. The van der Waals surface area contributed by atoms with Crippen LogP contribution in [-0.4, -0.2) is 16.5 Å². The molecule has 0 aromatic heterocycles. The van der Waals surface area contributed by atoms with Gasteiger partial charge >= 0.3 is 167 Å². The zero-order valence-corrected chi connectivity index (χ0v) is 20.7. The van der Waals surface area contributed by atoms with E-state index in [2.05, 4.69) is 98.2 Å². The Labute approximate surface area is 166 Å². The van der Waals surface area contributed by atoms with Crippen molar-refractivity contribution in [3.8, 4) is 0 Å². The molecule has 0 spiro atoms. The Hall–Kier alpha value is -1.08. The third-order valence-electron chi connectivity index (χ3n) is 3.56. The van der Waals surface area contributed by atoms with Gasteiger partial charge in [0.25, 0.3) is 0 Å². The molecule has 0 heterocycles. The van der Waals surface area contributed by atoms with Gasteiger partial charge in [0.2, 0.25) is 0 Å². The molecule has 0 bridgehead atoms. The topological polar surface area (TPSA) is 24.1 Å².